The number of hydrogen-bond donors (Lipinski definition) is 0. The van der Waals surface area contributed by atoms with Crippen molar-refractivity contribution in [2.75, 3.05) is 0 Å². The zero-order chi connectivity index (χ0) is 14.1. The van der Waals surface area contributed by atoms with Gasteiger partial charge in [-0.15, -0.1) is 0 Å². The van der Waals surface area contributed by atoms with Gasteiger partial charge in [0.15, 0.2) is 0 Å². The Morgan fingerprint density at radius 2 is 1.45 bits per heavy atom. The summed E-state index contributed by atoms with van der Waals surface area (Å²) >= 11 is 0. The Morgan fingerprint density at radius 1 is 0.700 bits per heavy atom. The first-order chi connectivity index (χ1) is 9.65. The Morgan fingerprint density at radius 3 is 2.15 bits per heavy atom. The second-order valence-corrected chi connectivity index (χ2v) is 5.81. The molecule has 0 saturated heterocycles. The summed E-state index contributed by atoms with van der Waals surface area (Å²) in [5.74, 6) is 0.546. The molecule has 100 valence electrons. The van der Waals surface area contributed by atoms with Crippen LogP contribution in [0, 0.1) is 6.92 Å². The fourth-order valence-electron chi connectivity index (χ4n) is 2.75. The summed E-state index contributed by atoms with van der Waals surface area (Å²) in [7, 11) is 0. The maximum absolute atomic E-state index is 2.33. The lowest BCUT2D eigenvalue weighted by Gasteiger charge is -2.04. The quantitative estimate of drug-likeness (QED) is 0.539. The summed E-state index contributed by atoms with van der Waals surface area (Å²) in [4.78, 5) is 0. The van der Waals surface area contributed by atoms with Crippen LogP contribution in [0.1, 0.15) is 30.9 Å². The van der Waals surface area contributed by atoms with Crippen molar-refractivity contribution < 1.29 is 0 Å². The number of hydrogen-bond acceptors (Lipinski definition) is 0. The molecule has 0 N–H and O–H groups in total. The molecule has 0 amide bonds. The van der Waals surface area contributed by atoms with Crippen LogP contribution in [0.25, 0.3) is 22.3 Å². The van der Waals surface area contributed by atoms with E-state index in [0.717, 1.165) is 0 Å². The van der Waals surface area contributed by atoms with E-state index in [1.807, 2.05) is 0 Å². The Balaban J connectivity index is 2.28. The highest BCUT2D eigenvalue weighted by Crippen LogP contribution is 2.36. The molecule has 0 spiro atoms. The predicted octanol–water partition coefficient (Wildman–Crippen LogP) is 5.89. The summed E-state index contributed by atoms with van der Waals surface area (Å²) in [6.45, 7) is 6.67. The zero-order valence-electron chi connectivity index (χ0n) is 12.4. The predicted molar refractivity (Wildman–Crippen MR) is 87.3 cm³/mol. The minimum atomic E-state index is 0.546. The highest BCUT2D eigenvalue weighted by molar-refractivity contribution is 5.85. The van der Waals surface area contributed by atoms with Crippen molar-refractivity contribution in [3.05, 3.63) is 71.8 Å². The van der Waals surface area contributed by atoms with E-state index in [1.54, 1.807) is 0 Å². The van der Waals surface area contributed by atoms with Gasteiger partial charge in [-0.25, -0.2) is 0 Å². The summed E-state index contributed by atoms with van der Waals surface area (Å²) in [6.07, 6.45) is 0. The average Bonchev–Trinajstić information content (AvgIpc) is 2.70. The molecule has 0 fully saturated rings. The van der Waals surface area contributed by atoms with Gasteiger partial charge in [-0.05, 0) is 46.2 Å². The molecule has 0 heterocycles. The highest BCUT2D eigenvalue weighted by atomic mass is 14.2. The molecule has 3 rings (SSSR count). The van der Waals surface area contributed by atoms with Crippen LogP contribution in [0.2, 0.25) is 0 Å². The van der Waals surface area contributed by atoms with E-state index < -0.39 is 0 Å². The van der Waals surface area contributed by atoms with Crippen molar-refractivity contribution in [1.29, 1.82) is 0 Å². The van der Waals surface area contributed by atoms with E-state index in [4.69, 9.17) is 0 Å². The molecule has 1 aromatic carbocycles. The van der Waals surface area contributed by atoms with Gasteiger partial charge in [0.25, 0.3) is 0 Å². The first-order valence-corrected chi connectivity index (χ1v) is 7.25. The monoisotopic (exact) mass is 260 g/mol. The van der Waals surface area contributed by atoms with Crippen molar-refractivity contribution in [2.24, 2.45) is 0 Å². The molecule has 0 radical (unpaired) electrons. The van der Waals surface area contributed by atoms with Gasteiger partial charge in [-0.2, -0.15) is 0 Å². The maximum Gasteiger partial charge on any atom is -0.0103 e. The van der Waals surface area contributed by atoms with E-state index in [1.165, 1.54) is 33.4 Å². The van der Waals surface area contributed by atoms with E-state index >= 15 is 0 Å². The fraction of sp³-hybridized carbons (Fsp3) is 0.200. The SMILES string of the molecule is Cc1cc2cc(C(C)C)ccc(-c3ccccc3)c-2c1. The summed E-state index contributed by atoms with van der Waals surface area (Å²) in [6, 6.07) is 22.1. The van der Waals surface area contributed by atoms with Crippen molar-refractivity contribution >= 4 is 0 Å². The molecule has 20 heavy (non-hydrogen) atoms. The van der Waals surface area contributed by atoms with Crippen LogP contribution in [0.4, 0.5) is 0 Å². The van der Waals surface area contributed by atoms with Crippen LogP contribution < -0.4 is 0 Å². The van der Waals surface area contributed by atoms with Gasteiger partial charge in [0.2, 0.25) is 0 Å². The van der Waals surface area contributed by atoms with E-state index in [-0.39, 0.29) is 0 Å². The molecule has 0 unspecified atom stereocenters. The average molecular weight is 260 g/mol. The molecule has 0 bridgehead atoms. The summed E-state index contributed by atoms with van der Waals surface area (Å²) in [5, 5.41) is 0. The van der Waals surface area contributed by atoms with Crippen LogP contribution in [0.15, 0.2) is 60.7 Å². The van der Waals surface area contributed by atoms with Crippen LogP contribution >= 0.6 is 0 Å². The lowest BCUT2D eigenvalue weighted by Crippen LogP contribution is -1.82. The minimum absolute atomic E-state index is 0.546. The Labute approximate surface area is 121 Å². The topological polar surface area (TPSA) is 0 Å². The first-order valence-electron chi connectivity index (χ1n) is 7.25. The molecule has 0 heteroatoms. The van der Waals surface area contributed by atoms with Crippen molar-refractivity contribution in [3.8, 4) is 22.3 Å². The molecule has 1 aromatic rings. The first kappa shape index (κ1) is 12.9. The van der Waals surface area contributed by atoms with Gasteiger partial charge in [0.05, 0.1) is 0 Å². The number of benzene rings is 1. The van der Waals surface area contributed by atoms with Crippen molar-refractivity contribution in [1.82, 2.24) is 0 Å². The van der Waals surface area contributed by atoms with Crippen molar-refractivity contribution in [3.63, 3.8) is 0 Å². The number of fused-ring (bicyclic) bond motifs is 1. The third-order valence-corrected chi connectivity index (χ3v) is 3.87. The second-order valence-electron chi connectivity index (χ2n) is 5.81. The zero-order valence-corrected chi connectivity index (χ0v) is 12.4. The van der Waals surface area contributed by atoms with Crippen LogP contribution in [0.5, 0.6) is 0 Å². The Kier molecular flexibility index (Phi) is 3.31. The lowest BCUT2D eigenvalue weighted by atomic mass is 10.0. The molecular weight excluding hydrogens is 240 g/mol. The van der Waals surface area contributed by atoms with Crippen LogP contribution in [0.3, 0.4) is 0 Å². The summed E-state index contributed by atoms with van der Waals surface area (Å²) < 4.78 is 0. The molecular formula is C20H20. The van der Waals surface area contributed by atoms with Gasteiger partial charge in [-0.3, -0.25) is 0 Å². The molecule has 0 saturated carbocycles. The molecule has 2 aliphatic rings. The standard InChI is InChI=1S/C20H20/c1-14(2)17-9-10-19(16-7-5-4-6-8-16)20-12-15(3)11-18(20)13-17/h4-14H,1-3H3. The normalized spacial score (nSPS) is 11.2. The molecule has 0 atom stereocenters. The van der Waals surface area contributed by atoms with Crippen molar-refractivity contribution in [2.45, 2.75) is 26.7 Å². The Bertz CT molecular complexity index is 693. The van der Waals surface area contributed by atoms with Crippen LogP contribution in [-0.2, 0) is 0 Å². The third-order valence-electron chi connectivity index (χ3n) is 3.87. The second kappa shape index (κ2) is 5.13. The summed E-state index contributed by atoms with van der Waals surface area (Å²) in [5.41, 5.74) is 8.02. The Hall–Kier alpha value is -2.08. The van der Waals surface area contributed by atoms with E-state index in [2.05, 4.69) is 81.4 Å². The largest absolute Gasteiger partial charge is 0.0622 e. The third kappa shape index (κ3) is 2.34. The molecule has 0 nitrogen and oxygen atoms in total. The maximum atomic E-state index is 2.33. The van der Waals surface area contributed by atoms with Gasteiger partial charge >= 0.3 is 0 Å². The van der Waals surface area contributed by atoms with Gasteiger partial charge in [-0.1, -0.05) is 74.5 Å². The number of aryl methyl sites for hydroxylation is 1. The van der Waals surface area contributed by atoms with Gasteiger partial charge in [0.1, 0.15) is 0 Å². The van der Waals surface area contributed by atoms with Gasteiger partial charge in [0, 0.05) is 0 Å². The highest BCUT2D eigenvalue weighted by Gasteiger charge is 2.12. The van der Waals surface area contributed by atoms with Gasteiger partial charge < -0.3 is 0 Å². The van der Waals surface area contributed by atoms with E-state index in [0.29, 0.717) is 5.92 Å². The smallest absolute Gasteiger partial charge is 0.0103 e. The lowest BCUT2D eigenvalue weighted by molar-refractivity contribution is 0.869. The fourth-order valence-corrected chi connectivity index (χ4v) is 2.75. The molecule has 0 aromatic heterocycles. The van der Waals surface area contributed by atoms with E-state index in [9.17, 15) is 0 Å². The minimum Gasteiger partial charge on any atom is -0.0622 e. The number of rotatable bonds is 2. The molecule has 0 aliphatic heterocycles. The van der Waals surface area contributed by atoms with Crippen LogP contribution in [-0.4, -0.2) is 0 Å². The molecule has 2 aliphatic carbocycles.